The lowest BCUT2D eigenvalue weighted by atomic mass is 9.88. The first kappa shape index (κ1) is 12.1. The van der Waals surface area contributed by atoms with E-state index in [-0.39, 0.29) is 0 Å². The fraction of sp³-hybridized carbons (Fsp3) is 0.538. The van der Waals surface area contributed by atoms with Gasteiger partial charge in [-0.15, -0.1) is 0 Å². The predicted octanol–water partition coefficient (Wildman–Crippen LogP) is 3.13. The highest BCUT2D eigenvalue weighted by molar-refractivity contribution is 9.10. The second-order valence-electron chi connectivity index (χ2n) is 4.35. The first-order valence-electron chi connectivity index (χ1n) is 5.76. The summed E-state index contributed by atoms with van der Waals surface area (Å²) >= 11 is 3.47. The highest BCUT2D eigenvalue weighted by atomic mass is 79.9. The zero-order chi connectivity index (χ0) is 11.5. The van der Waals surface area contributed by atoms with E-state index in [9.17, 15) is 0 Å². The molecule has 0 bridgehead atoms. The highest BCUT2D eigenvalue weighted by Gasteiger charge is 2.31. The largest absolute Gasteiger partial charge is 0.378 e. The Bertz CT molecular complexity index is 338. The molecule has 3 heteroatoms. The quantitative estimate of drug-likeness (QED) is 0.920. The molecule has 0 aliphatic carbocycles. The van der Waals surface area contributed by atoms with Gasteiger partial charge >= 0.3 is 0 Å². The van der Waals surface area contributed by atoms with Gasteiger partial charge < -0.3 is 10.1 Å². The Hall–Kier alpha value is -0.380. The summed E-state index contributed by atoms with van der Waals surface area (Å²) in [6.45, 7) is 3.06. The maximum atomic E-state index is 5.64. The van der Waals surface area contributed by atoms with Gasteiger partial charge in [-0.1, -0.05) is 28.1 Å². The minimum absolute atomic E-state index is 0.348. The second kappa shape index (κ2) is 5.30. The van der Waals surface area contributed by atoms with E-state index in [0.29, 0.717) is 18.1 Å². The molecular weight excluding hydrogens is 266 g/mol. The van der Waals surface area contributed by atoms with Crippen molar-refractivity contribution in [3.05, 3.63) is 34.3 Å². The predicted molar refractivity (Wildman–Crippen MR) is 69.5 cm³/mol. The summed E-state index contributed by atoms with van der Waals surface area (Å²) in [6.07, 6.45) is 1.49. The van der Waals surface area contributed by atoms with E-state index in [1.54, 1.807) is 0 Å². The van der Waals surface area contributed by atoms with Crippen molar-refractivity contribution >= 4 is 15.9 Å². The van der Waals surface area contributed by atoms with Gasteiger partial charge in [0.1, 0.15) is 0 Å². The van der Waals surface area contributed by atoms with Crippen molar-refractivity contribution in [3.8, 4) is 0 Å². The number of ether oxygens (including phenoxy) is 1. The van der Waals surface area contributed by atoms with Crippen LogP contribution in [0.1, 0.15) is 24.9 Å². The molecule has 1 aliphatic heterocycles. The van der Waals surface area contributed by atoms with Gasteiger partial charge in [0.05, 0.1) is 6.10 Å². The molecule has 2 rings (SSSR count). The molecular formula is C13H18BrNO. The van der Waals surface area contributed by atoms with Gasteiger partial charge in [0.15, 0.2) is 0 Å². The summed E-state index contributed by atoms with van der Waals surface area (Å²) in [5.74, 6) is 0.575. The Labute approximate surface area is 106 Å². The summed E-state index contributed by atoms with van der Waals surface area (Å²) in [4.78, 5) is 0. The third-order valence-electron chi connectivity index (χ3n) is 3.40. The van der Waals surface area contributed by atoms with Gasteiger partial charge in [0.2, 0.25) is 0 Å². The topological polar surface area (TPSA) is 21.3 Å². The fourth-order valence-electron chi connectivity index (χ4n) is 2.48. The smallest absolute Gasteiger partial charge is 0.0594 e. The molecule has 1 aromatic rings. The zero-order valence-corrected chi connectivity index (χ0v) is 11.3. The lowest BCUT2D eigenvalue weighted by Crippen LogP contribution is -2.29. The van der Waals surface area contributed by atoms with Crippen LogP contribution in [-0.2, 0) is 4.74 Å². The molecule has 0 saturated carbocycles. The summed E-state index contributed by atoms with van der Waals surface area (Å²) in [6, 6.07) is 8.94. The Kier molecular flexibility index (Phi) is 4.00. The van der Waals surface area contributed by atoms with Gasteiger partial charge in [0.25, 0.3) is 0 Å². The van der Waals surface area contributed by atoms with Crippen LogP contribution in [-0.4, -0.2) is 19.8 Å². The monoisotopic (exact) mass is 283 g/mol. The lowest BCUT2D eigenvalue weighted by Gasteiger charge is -2.25. The number of hydrogen-bond donors (Lipinski definition) is 1. The lowest BCUT2D eigenvalue weighted by molar-refractivity contribution is 0.0963. The molecule has 16 heavy (non-hydrogen) atoms. The van der Waals surface area contributed by atoms with Gasteiger partial charge in [0, 0.05) is 23.0 Å². The van der Waals surface area contributed by atoms with Crippen LogP contribution >= 0.6 is 15.9 Å². The van der Waals surface area contributed by atoms with Crippen LogP contribution < -0.4 is 5.32 Å². The molecule has 1 heterocycles. The van der Waals surface area contributed by atoms with Gasteiger partial charge in [-0.05, 0) is 38.1 Å². The van der Waals surface area contributed by atoms with Crippen molar-refractivity contribution in [2.24, 2.45) is 5.92 Å². The standard InChI is InChI=1S/C13H18BrNO/c1-9-12(7-8-16-9)13(15-2)10-3-5-11(14)6-4-10/h3-6,9,12-13,15H,7-8H2,1-2H3. The summed E-state index contributed by atoms with van der Waals surface area (Å²) < 4.78 is 6.77. The number of hydrogen-bond acceptors (Lipinski definition) is 2. The van der Waals surface area contributed by atoms with E-state index < -0.39 is 0 Å². The molecule has 0 aromatic heterocycles. The van der Waals surface area contributed by atoms with E-state index in [1.165, 1.54) is 5.56 Å². The molecule has 1 N–H and O–H groups in total. The van der Waals surface area contributed by atoms with Crippen LogP contribution in [0.2, 0.25) is 0 Å². The van der Waals surface area contributed by atoms with E-state index >= 15 is 0 Å². The minimum Gasteiger partial charge on any atom is -0.378 e. The second-order valence-corrected chi connectivity index (χ2v) is 5.26. The average Bonchev–Trinajstić information content (AvgIpc) is 2.69. The summed E-state index contributed by atoms with van der Waals surface area (Å²) in [7, 11) is 2.03. The number of nitrogens with one attached hydrogen (secondary N) is 1. The van der Waals surface area contributed by atoms with E-state index in [0.717, 1.165) is 17.5 Å². The Morgan fingerprint density at radius 1 is 1.38 bits per heavy atom. The molecule has 3 unspecified atom stereocenters. The van der Waals surface area contributed by atoms with Crippen molar-refractivity contribution in [2.75, 3.05) is 13.7 Å². The minimum atomic E-state index is 0.348. The maximum absolute atomic E-state index is 5.64. The first-order chi connectivity index (χ1) is 7.72. The molecule has 0 spiro atoms. The molecule has 0 amide bonds. The van der Waals surface area contributed by atoms with Crippen molar-refractivity contribution < 1.29 is 4.74 Å². The van der Waals surface area contributed by atoms with Crippen LogP contribution in [0.3, 0.4) is 0 Å². The Morgan fingerprint density at radius 2 is 2.06 bits per heavy atom. The van der Waals surface area contributed by atoms with Crippen molar-refractivity contribution in [3.63, 3.8) is 0 Å². The van der Waals surface area contributed by atoms with Gasteiger partial charge in [-0.25, -0.2) is 0 Å². The van der Waals surface area contributed by atoms with Crippen LogP contribution in [0.15, 0.2) is 28.7 Å². The third-order valence-corrected chi connectivity index (χ3v) is 3.93. The molecule has 88 valence electrons. The van der Waals surface area contributed by atoms with Crippen molar-refractivity contribution in [1.82, 2.24) is 5.32 Å². The fourth-order valence-corrected chi connectivity index (χ4v) is 2.75. The van der Waals surface area contributed by atoms with Crippen LogP contribution in [0.4, 0.5) is 0 Å². The summed E-state index contributed by atoms with van der Waals surface area (Å²) in [5.41, 5.74) is 1.34. The third kappa shape index (κ3) is 2.47. The maximum Gasteiger partial charge on any atom is 0.0594 e. The normalized spacial score (nSPS) is 26.9. The molecule has 0 radical (unpaired) electrons. The molecule has 3 atom stereocenters. The highest BCUT2D eigenvalue weighted by Crippen LogP contribution is 2.33. The SMILES string of the molecule is CNC(c1ccc(Br)cc1)C1CCOC1C. The van der Waals surface area contributed by atoms with E-state index in [1.807, 2.05) is 7.05 Å². The molecule has 1 aliphatic rings. The Morgan fingerprint density at radius 3 is 2.56 bits per heavy atom. The van der Waals surface area contributed by atoms with Crippen LogP contribution in [0.5, 0.6) is 0 Å². The zero-order valence-electron chi connectivity index (χ0n) is 9.74. The van der Waals surface area contributed by atoms with E-state index in [4.69, 9.17) is 4.74 Å². The van der Waals surface area contributed by atoms with Crippen LogP contribution in [0, 0.1) is 5.92 Å². The van der Waals surface area contributed by atoms with Crippen LogP contribution in [0.25, 0.3) is 0 Å². The molecule has 1 aromatic carbocycles. The van der Waals surface area contributed by atoms with Crippen molar-refractivity contribution in [1.29, 1.82) is 0 Å². The van der Waals surface area contributed by atoms with Gasteiger partial charge in [-0.3, -0.25) is 0 Å². The molecule has 1 saturated heterocycles. The first-order valence-corrected chi connectivity index (χ1v) is 6.56. The van der Waals surface area contributed by atoms with Gasteiger partial charge in [-0.2, -0.15) is 0 Å². The number of rotatable bonds is 3. The molecule has 1 fully saturated rings. The number of benzene rings is 1. The average molecular weight is 284 g/mol. The van der Waals surface area contributed by atoms with Crippen molar-refractivity contribution in [2.45, 2.75) is 25.5 Å². The Balaban J connectivity index is 2.18. The summed E-state index contributed by atoms with van der Waals surface area (Å²) in [5, 5.41) is 3.41. The van der Waals surface area contributed by atoms with E-state index in [2.05, 4.69) is 52.4 Å². The number of halogens is 1. The molecule has 2 nitrogen and oxygen atoms in total.